The predicted octanol–water partition coefficient (Wildman–Crippen LogP) is 2.93. The second-order valence-electron chi connectivity index (χ2n) is 6.06. The molecule has 122 valence electrons. The first kappa shape index (κ1) is 16.8. The third kappa shape index (κ3) is 4.73. The number of likely N-dealkylation sites (tertiary alicyclic amines) is 1. The van der Waals surface area contributed by atoms with Gasteiger partial charge in [0.05, 0.1) is 6.54 Å². The van der Waals surface area contributed by atoms with Crippen molar-refractivity contribution in [2.24, 2.45) is 0 Å². The zero-order valence-electron chi connectivity index (χ0n) is 13.8. The molecule has 4 heteroatoms. The van der Waals surface area contributed by atoms with Gasteiger partial charge in [-0.15, -0.1) is 0 Å². The number of hydrogen-bond acceptors (Lipinski definition) is 3. The van der Waals surface area contributed by atoms with Crippen molar-refractivity contribution in [3.8, 4) is 0 Å². The number of methoxy groups -OCH3 is 1. The van der Waals surface area contributed by atoms with Crippen LogP contribution in [0, 0.1) is 0 Å². The first-order valence-electron chi connectivity index (χ1n) is 8.27. The maximum atomic E-state index is 12.7. The van der Waals surface area contributed by atoms with Gasteiger partial charge in [0, 0.05) is 39.0 Å². The van der Waals surface area contributed by atoms with E-state index >= 15 is 0 Å². The minimum atomic E-state index is 0.244. The smallest absolute Gasteiger partial charge is 0.242 e. The van der Waals surface area contributed by atoms with Crippen molar-refractivity contribution in [2.45, 2.75) is 38.1 Å². The largest absolute Gasteiger partial charge is 0.385 e. The summed E-state index contributed by atoms with van der Waals surface area (Å²) < 4.78 is 5.14. The fourth-order valence-electron chi connectivity index (χ4n) is 3.16. The Morgan fingerprint density at radius 2 is 2.09 bits per heavy atom. The van der Waals surface area contributed by atoms with Crippen molar-refractivity contribution >= 4 is 11.6 Å². The van der Waals surface area contributed by atoms with E-state index in [2.05, 4.69) is 4.90 Å². The Bertz CT molecular complexity index is 450. The topological polar surface area (TPSA) is 32.8 Å². The van der Waals surface area contributed by atoms with E-state index in [1.165, 1.54) is 6.42 Å². The molecular weight excluding hydrogens is 276 g/mol. The van der Waals surface area contributed by atoms with Gasteiger partial charge in [-0.25, -0.2) is 0 Å². The standard InChI is InChI=1S/C18H28N2O2/c1-19(16-9-4-3-5-10-16)15-18(21)20-13-7-6-11-17(20)12-8-14-22-2/h3-5,9-10,17H,6-8,11-15H2,1-2H3/t17-/m0/s1. The summed E-state index contributed by atoms with van der Waals surface area (Å²) in [5, 5.41) is 0. The molecule has 22 heavy (non-hydrogen) atoms. The lowest BCUT2D eigenvalue weighted by Crippen LogP contribution is -2.47. The average Bonchev–Trinajstić information content (AvgIpc) is 2.56. The molecule has 2 rings (SSSR count). The highest BCUT2D eigenvalue weighted by atomic mass is 16.5. The fraction of sp³-hybridized carbons (Fsp3) is 0.611. The summed E-state index contributed by atoms with van der Waals surface area (Å²) in [4.78, 5) is 16.8. The van der Waals surface area contributed by atoms with E-state index in [0.29, 0.717) is 12.6 Å². The summed E-state index contributed by atoms with van der Waals surface area (Å²) in [7, 11) is 3.72. The number of piperidine rings is 1. The molecule has 0 aromatic heterocycles. The number of carbonyl (C=O) groups excluding carboxylic acids is 1. The molecule has 0 N–H and O–H groups in total. The maximum absolute atomic E-state index is 12.7. The number of carbonyl (C=O) groups is 1. The molecule has 1 atom stereocenters. The van der Waals surface area contributed by atoms with E-state index in [4.69, 9.17) is 4.74 Å². The Morgan fingerprint density at radius 3 is 2.82 bits per heavy atom. The number of rotatable bonds is 7. The van der Waals surface area contributed by atoms with Gasteiger partial charge in [0.1, 0.15) is 0 Å². The molecule has 1 saturated heterocycles. The summed E-state index contributed by atoms with van der Waals surface area (Å²) in [5.74, 6) is 0.244. The van der Waals surface area contributed by atoms with Crippen LogP contribution in [-0.4, -0.2) is 50.7 Å². The zero-order chi connectivity index (χ0) is 15.8. The summed E-state index contributed by atoms with van der Waals surface area (Å²) in [5.41, 5.74) is 1.09. The fourth-order valence-corrected chi connectivity index (χ4v) is 3.16. The predicted molar refractivity (Wildman–Crippen MR) is 90.2 cm³/mol. The van der Waals surface area contributed by atoms with Crippen LogP contribution in [0.1, 0.15) is 32.1 Å². The number of likely N-dealkylation sites (N-methyl/N-ethyl adjacent to an activating group) is 1. The number of ether oxygens (including phenoxy) is 1. The number of para-hydroxylation sites is 1. The highest BCUT2D eigenvalue weighted by Crippen LogP contribution is 2.22. The van der Waals surface area contributed by atoms with Crippen molar-refractivity contribution < 1.29 is 9.53 Å². The second-order valence-corrected chi connectivity index (χ2v) is 6.06. The first-order chi connectivity index (χ1) is 10.7. The molecule has 1 aromatic carbocycles. The van der Waals surface area contributed by atoms with Crippen LogP contribution < -0.4 is 4.90 Å². The molecule has 0 spiro atoms. The quantitative estimate of drug-likeness (QED) is 0.726. The first-order valence-corrected chi connectivity index (χ1v) is 8.27. The summed E-state index contributed by atoms with van der Waals surface area (Å²) in [6, 6.07) is 10.5. The molecule has 0 unspecified atom stereocenters. The van der Waals surface area contributed by atoms with Crippen molar-refractivity contribution in [1.29, 1.82) is 0 Å². The van der Waals surface area contributed by atoms with Gasteiger partial charge >= 0.3 is 0 Å². The molecule has 1 heterocycles. The Morgan fingerprint density at radius 1 is 1.32 bits per heavy atom. The average molecular weight is 304 g/mol. The van der Waals surface area contributed by atoms with Crippen molar-refractivity contribution in [2.75, 3.05) is 38.8 Å². The summed E-state index contributed by atoms with van der Waals surface area (Å²) in [6.45, 7) is 2.13. The van der Waals surface area contributed by atoms with E-state index in [-0.39, 0.29) is 5.91 Å². The SMILES string of the molecule is COCCC[C@@H]1CCCCN1C(=O)CN(C)c1ccccc1. The summed E-state index contributed by atoms with van der Waals surface area (Å²) >= 11 is 0. The van der Waals surface area contributed by atoms with Gasteiger partial charge in [-0.2, -0.15) is 0 Å². The van der Waals surface area contributed by atoms with Crippen molar-refractivity contribution in [3.05, 3.63) is 30.3 Å². The molecule has 1 aliphatic heterocycles. The van der Waals surface area contributed by atoms with Gasteiger partial charge in [-0.3, -0.25) is 4.79 Å². The van der Waals surface area contributed by atoms with E-state index in [1.54, 1.807) is 7.11 Å². The minimum Gasteiger partial charge on any atom is -0.385 e. The van der Waals surface area contributed by atoms with Gasteiger partial charge in [0.15, 0.2) is 0 Å². The van der Waals surface area contributed by atoms with Gasteiger partial charge in [0.25, 0.3) is 0 Å². The van der Waals surface area contributed by atoms with Gasteiger partial charge in [-0.05, 0) is 44.2 Å². The number of amides is 1. The van der Waals surface area contributed by atoms with Gasteiger partial charge in [-0.1, -0.05) is 18.2 Å². The Kier molecular flexibility index (Phi) is 6.72. The molecule has 0 bridgehead atoms. The lowest BCUT2D eigenvalue weighted by atomic mass is 9.98. The Hall–Kier alpha value is -1.55. The lowest BCUT2D eigenvalue weighted by molar-refractivity contribution is -0.133. The molecule has 0 radical (unpaired) electrons. The lowest BCUT2D eigenvalue weighted by Gasteiger charge is -2.37. The second kappa shape index (κ2) is 8.79. The van der Waals surface area contributed by atoms with Crippen LogP contribution in [0.5, 0.6) is 0 Å². The van der Waals surface area contributed by atoms with Crippen LogP contribution in [0.25, 0.3) is 0 Å². The highest BCUT2D eigenvalue weighted by Gasteiger charge is 2.26. The molecule has 1 aliphatic rings. The zero-order valence-corrected chi connectivity index (χ0v) is 13.8. The van der Waals surface area contributed by atoms with Crippen molar-refractivity contribution in [1.82, 2.24) is 4.90 Å². The maximum Gasteiger partial charge on any atom is 0.242 e. The highest BCUT2D eigenvalue weighted by molar-refractivity contribution is 5.81. The van der Waals surface area contributed by atoms with E-state index in [9.17, 15) is 4.79 Å². The Balaban J connectivity index is 1.91. The van der Waals surface area contributed by atoms with Crippen LogP contribution in [0.3, 0.4) is 0 Å². The molecule has 1 amide bonds. The van der Waals surface area contributed by atoms with Crippen LogP contribution >= 0.6 is 0 Å². The molecule has 0 aliphatic carbocycles. The molecule has 1 fully saturated rings. The number of nitrogens with zero attached hydrogens (tertiary/aromatic N) is 2. The third-order valence-electron chi connectivity index (χ3n) is 4.40. The van der Waals surface area contributed by atoms with Gasteiger partial charge in [0.2, 0.25) is 5.91 Å². The van der Waals surface area contributed by atoms with Crippen LogP contribution in [0.15, 0.2) is 30.3 Å². The van der Waals surface area contributed by atoms with E-state index < -0.39 is 0 Å². The normalized spacial score (nSPS) is 18.3. The van der Waals surface area contributed by atoms with E-state index in [0.717, 1.165) is 44.5 Å². The van der Waals surface area contributed by atoms with Crippen LogP contribution in [0.2, 0.25) is 0 Å². The monoisotopic (exact) mass is 304 g/mol. The molecule has 4 nitrogen and oxygen atoms in total. The van der Waals surface area contributed by atoms with Crippen LogP contribution in [0.4, 0.5) is 5.69 Å². The number of anilines is 1. The van der Waals surface area contributed by atoms with Gasteiger partial charge < -0.3 is 14.5 Å². The molecule has 1 aromatic rings. The number of benzene rings is 1. The van der Waals surface area contributed by atoms with Crippen molar-refractivity contribution in [3.63, 3.8) is 0 Å². The molecule has 0 saturated carbocycles. The minimum absolute atomic E-state index is 0.244. The summed E-state index contributed by atoms with van der Waals surface area (Å²) in [6.07, 6.45) is 5.57. The molecular formula is C18H28N2O2. The Labute approximate surface area is 134 Å². The van der Waals surface area contributed by atoms with E-state index in [1.807, 2.05) is 42.3 Å². The number of hydrogen-bond donors (Lipinski definition) is 0. The van der Waals surface area contributed by atoms with Crippen LogP contribution in [-0.2, 0) is 9.53 Å². The third-order valence-corrected chi connectivity index (χ3v) is 4.40.